The van der Waals surface area contributed by atoms with E-state index in [4.69, 9.17) is 0 Å². The van der Waals surface area contributed by atoms with Gasteiger partial charge in [-0.1, -0.05) is 48.5 Å². The van der Waals surface area contributed by atoms with Crippen molar-refractivity contribution in [1.82, 2.24) is 20.2 Å². The van der Waals surface area contributed by atoms with E-state index in [1.807, 2.05) is 30.3 Å². The van der Waals surface area contributed by atoms with Crippen LogP contribution in [0.4, 0.5) is 4.39 Å². The first-order chi connectivity index (χ1) is 16.0. The molecule has 0 saturated carbocycles. The maximum absolute atomic E-state index is 13.9. The molecule has 1 saturated heterocycles. The SMILES string of the molecule is Cc1nc([C@@H]2CCCN2C(=O)CCc2ccccc2F)ncc1C(=O)NCc1ccccc1. The minimum absolute atomic E-state index is 0.0355. The largest absolute Gasteiger partial charge is 0.348 e. The second-order valence-corrected chi connectivity index (χ2v) is 8.23. The first kappa shape index (κ1) is 22.6. The van der Waals surface area contributed by atoms with Gasteiger partial charge in [0.1, 0.15) is 5.82 Å². The van der Waals surface area contributed by atoms with Gasteiger partial charge in [0.15, 0.2) is 5.82 Å². The lowest BCUT2D eigenvalue weighted by molar-refractivity contribution is -0.132. The fourth-order valence-electron chi connectivity index (χ4n) is 4.16. The molecule has 170 valence electrons. The van der Waals surface area contributed by atoms with Gasteiger partial charge in [-0.15, -0.1) is 0 Å². The van der Waals surface area contributed by atoms with Gasteiger partial charge in [0.05, 0.1) is 17.3 Å². The van der Waals surface area contributed by atoms with Crippen molar-refractivity contribution in [1.29, 1.82) is 0 Å². The molecule has 2 heterocycles. The van der Waals surface area contributed by atoms with E-state index in [1.165, 1.54) is 12.3 Å². The maximum atomic E-state index is 13.9. The number of nitrogens with one attached hydrogen (secondary N) is 1. The molecule has 6 nitrogen and oxygen atoms in total. The second-order valence-electron chi connectivity index (χ2n) is 8.23. The summed E-state index contributed by atoms with van der Waals surface area (Å²) in [4.78, 5) is 36.3. The normalized spacial score (nSPS) is 15.5. The number of hydrogen-bond acceptors (Lipinski definition) is 4. The zero-order chi connectivity index (χ0) is 23.2. The van der Waals surface area contributed by atoms with Crippen LogP contribution in [-0.2, 0) is 17.8 Å². The molecule has 0 bridgehead atoms. The highest BCUT2D eigenvalue weighted by molar-refractivity contribution is 5.94. The summed E-state index contributed by atoms with van der Waals surface area (Å²) in [5, 5.41) is 2.89. The van der Waals surface area contributed by atoms with Crippen molar-refractivity contribution in [3.8, 4) is 0 Å². The molecule has 0 aliphatic carbocycles. The second kappa shape index (κ2) is 10.3. The Morgan fingerprint density at radius 1 is 1.12 bits per heavy atom. The predicted molar refractivity (Wildman–Crippen MR) is 123 cm³/mol. The highest BCUT2D eigenvalue weighted by atomic mass is 19.1. The molecule has 7 heteroatoms. The van der Waals surface area contributed by atoms with Crippen LogP contribution < -0.4 is 5.32 Å². The summed E-state index contributed by atoms with van der Waals surface area (Å²) in [5.41, 5.74) is 2.55. The molecule has 0 unspecified atom stereocenters. The van der Waals surface area contributed by atoms with E-state index in [0.29, 0.717) is 42.2 Å². The minimum atomic E-state index is -0.289. The summed E-state index contributed by atoms with van der Waals surface area (Å²) >= 11 is 0. The molecule has 2 amide bonds. The van der Waals surface area contributed by atoms with Gasteiger partial charge in [-0.05, 0) is 43.4 Å². The third-order valence-electron chi connectivity index (χ3n) is 5.98. The topological polar surface area (TPSA) is 75.2 Å². The summed E-state index contributed by atoms with van der Waals surface area (Å²) in [6.45, 7) is 2.83. The number of halogens is 1. The molecule has 4 rings (SSSR count). The van der Waals surface area contributed by atoms with Crippen LogP contribution in [0.2, 0.25) is 0 Å². The summed E-state index contributed by atoms with van der Waals surface area (Å²) in [6, 6.07) is 16.0. The maximum Gasteiger partial charge on any atom is 0.254 e. The van der Waals surface area contributed by atoms with E-state index >= 15 is 0 Å². The van der Waals surface area contributed by atoms with Gasteiger partial charge >= 0.3 is 0 Å². The first-order valence-corrected chi connectivity index (χ1v) is 11.2. The minimum Gasteiger partial charge on any atom is -0.348 e. The molecule has 2 aromatic carbocycles. The van der Waals surface area contributed by atoms with Crippen molar-refractivity contribution in [2.24, 2.45) is 0 Å². The van der Waals surface area contributed by atoms with E-state index in [-0.39, 0.29) is 30.1 Å². The Bertz CT molecular complexity index is 1140. The van der Waals surface area contributed by atoms with Gasteiger partial charge in [0, 0.05) is 25.7 Å². The Labute approximate surface area is 192 Å². The molecule has 33 heavy (non-hydrogen) atoms. The van der Waals surface area contributed by atoms with Crippen molar-refractivity contribution in [2.75, 3.05) is 6.54 Å². The van der Waals surface area contributed by atoms with E-state index in [2.05, 4.69) is 15.3 Å². The number of carbonyl (C=O) groups excluding carboxylic acids is 2. The average Bonchev–Trinajstić information content (AvgIpc) is 3.32. The number of aryl methyl sites for hydroxylation is 2. The number of benzene rings is 2. The van der Waals surface area contributed by atoms with Gasteiger partial charge in [-0.25, -0.2) is 14.4 Å². The van der Waals surface area contributed by atoms with Gasteiger partial charge in [0.25, 0.3) is 5.91 Å². The number of carbonyl (C=O) groups is 2. The molecule has 1 aliphatic heterocycles. The van der Waals surface area contributed by atoms with Crippen LogP contribution in [-0.4, -0.2) is 33.2 Å². The third-order valence-corrected chi connectivity index (χ3v) is 5.98. The van der Waals surface area contributed by atoms with Crippen molar-refractivity contribution < 1.29 is 14.0 Å². The van der Waals surface area contributed by atoms with Gasteiger partial charge < -0.3 is 10.2 Å². The summed E-state index contributed by atoms with van der Waals surface area (Å²) in [6.07, 6.45) is 3.76. The lowest BCUT2D eigenvalue weighted by atomic mass is 10.1. The number of likely N-dealkylation sites (tertiary alicyclic amines) is 1. The molecule has 1 fully saturated rings. The molecule has 1 N–H and O–H groups in total. The Morgan fingerprint density at radius 2 is 1.88 bits per heavy atom. The van der Waals surface area contributed by atoms with Crippen molar-refractivity contribution in [2.45, 2.75) is 45.2 Å². The number of rotatable bonds is 7. The summed E-state index contributed by atoms with van der Waals surface area (Å²) < 4.78 is 13.9. The number of nitrogens with zero attached hydrogens (tertiary/aromatic N) is 3. The van der Waals surface area contributed by atoms with Crippen LogP contribution in [0.3, 0.4) is 0 Å². The lowest BCUT2D eigenvalue weighted by Gasteiger charge is -2.24. The van der Waals surface area contributed by atoms with E-state index in [0.717, 1.165) is 18.4 Å². The standard InChI is InChI=1S/C26H27FN4O2/c1-18-21(26(33)29-16-19-8-3-2-4-9-19)17-28-25(30-18)23-12-7-15-31(23)24(32)14-13-20-10-5-6-11-22(20)27/h2-6,8-11,17,23H,7,12-16H2,1H3,(H,29,33)/t23-/m0/s1. The molecule has 0 radical (unpaired) electrons. The van der Waals surface area contributed by atoms with Gasteiger partial charge in [-0.3, -0.25) is 9.59 Å². The van der Waals surface area contributed by atoms with E-state index in [9.17, 15) is 14.0 Å². The Hall–Kier alpha value is -3.61. The Balaban J connectivity index is 1.40. The molecule has 1 atom stereocenters. The van der Waals surface area contributed by atoms with Crippen LogP contribution in [0.1, 0.15) is 58.3 Å². The monoisotopic (exact) mass is 446 g/mol. The predicted octanol–water partition coefficient (Wildman–Crippen LogP) is 4.15. The lowest BCUT2D eigenvalue weighted by Crippen LogP contribution is -2.32. The molecule has 3 aromatic rings. The highest BCUT2D eigenvalue weighted by Crippen LogP contribution is 2.31. The van der Waals surface area contributed by atoms with Crippen molar-refractivity contribution in [3.05, 3.63) is 94.8 Å². The molecular formula is C26H27FN4O2. The Kier molecular flexibility index (Phi) is 7.07. The van der Waals surface area contributed by atoms with Crippen LogP contribution in [0.15, 0.2) is 60.8 Å². The number of hydrogen-bond donors (Lipinski definition) is 1. The van der Waals surface area contributed by atoms with Gasteiger partial charge in [-0.2, -0.15) is 0 Å². The average molecular weight is 447 g/mol. The smallest absolute Gasteiger partial charge is 0.254 e. The molecule has 1 aromatic heterocycles. The zero-order valence-electron chi connectivity index (χ0n) is 18.6. The zero-order valence-corrected chi connectivity index (χ0v) is 18.6. The van der Waals surface area contributed by atoms with E-state index in [1.54, 1.807) is 30.0 Å². The Morgan fingerprint density at radius 3 is 2.64 bits per heavy atom. The number of amides is 2. The van der Waals surface area contributed by atoms with Crippen LogP contribution in [0, 0.1) is 12.7 Å². The fourth-order valence-corrected chi connectivity index (χ4v) is 4.16. The van der Waals surface area contributed by atoms with Crippen LogP contribution in [0.5, 0.6) is 0 Å². The summed E-state index contributed by atoms with van der Waals surface area (Å²) in [7, 11) is 0. The van der Waals surface area contributed by atoms with Gasteiger partial charge in [0.2, 0.25) is 5.91 Å². The van der Waals surface area contributed by atoms with E-state index < -0.39 is 0 Å². The van der Waals surface area contributed by atoms with Crippen LogP contribution >= 0.6 is 0 Å². The van der Waals surface area contributed by atoms with Crippen LogP contribution in [0.25, 0.3) is 0 Å². The van der Waals surface area contributed by atoms with Crippen molar-refractivity contribution in [3.63, 3.8) is 0 Å². The molecule has 0 spiro atoms. The molecule has 1 aliphatic rings. The van der Waals surface area contributed by atoms with Crippen molar-refractivity contribution >= 4 is 11.8 Å². The quantitative estimate of drug-likeness (QED) is 0.592. The first-order valence-electron chi connectivity index (χ1n) is 11.2. The summed E-state index contributed by atoms with van der Waals surface area (Å²) in [5.74, 6) is -0.00829. The fraction of sp³-hybridized carbons (Fsp3) is 0.308. The third kappa shape index (κ3) is 5.42. The number of aromatic nitrogens is 2. The highest BCUT2D eigenvalue weighted by Gasteiger charge is 2.32. The molecular weight excluding hydrogens is 419 g/mol.